The molecular weight excluding hydrogens is 126 g/mol. The van der Waals surface area contributed by atoms with E-state index in [0.717, 1.165) is 0 Å². The average molecular weight is 139 g/mol. The minimum absolute atomic E-state index is 0.00475. The first-order valence-electron chi connectivity index (χ1n) is 3.29. The van der Waals surface area contributed by atoms with Gasteiger partial charge in [0, 0.05) is 13.5 Å². The van der Waals surface area contributed by atoms with Gasteiger partial charge in [-0.2, -0.15) is 0 Å². The Morgan fingerprint density at radius 1 is 1.50 bits per heavy atom. The average Bonchev–Trinajstić information content (AvgIpc) is 1.87. The summed E-state index contributed by atoms with van der Waals surface area (Å²) in [5.74, 6) is 0.00475. The molecule has 0 aromatic heterocycles. The Morgan fingerprint density at radius 2 is 2.20 bits per heavy atom. The van der Waals surface area contributed by atoms with Crippen LogP contribution in [0.3, 0.4) is 0 Å². The summed E-state index contributed by atoms with van der Waals surface area (Å²) in [6.45, 7) is 4.06. The second-order valence-corrected chi connectivity index (χ2v) is 1.89. The molecule has 0 heterocycles. The van der Waals surface area contributed by atoms with Crippen LogP contribution < -0.4 is 5.32 Å². The van der Waals surface area contributed by atoms with E-state index in [1.165, 1.54) is 6.92 Å². The van der Waals surface area contributed by atoms with E-state index in [-0.39, 0.29) is 5.91 Å². The molecule has 2 nitrogen and oxygen atoms in total. The summed E-state index contributed by atoms with van der Waals surface area (Å²) in [6.07, 6.45) is 7.64. The summed E-state index contributed by atoms with van der Waals surface area (Å²) in [7, 11) is 0. The number of carbonyl (C=O) groups excluding carboxylic acids is 1. The smallest absolute Gasteiger partial charge is 0.217 e. The maximum Gasteiger partial charge on any atom is 0.217 e. The maximum absolute atomic E-state index is 10.3. The molecule has 0 fully saturated rings. The van der Waals surface area contributed by atoms with Crippen molar-refractivity contribution >= 4 is 5.91 Å². The highest BCUT2D eigenvalue weighted by atomic mass is 16.1. The fourth-order valence-electron chi connectivity index (χ4n) is 0.460. The van der Waals surface area contributed by atoms with Crippen LogP contribution in [-0.2, 0) is 4.79 Å². The first kappa shape index (κ1) is 8.95. The Labute approximate surface area is 61.6 Å². The maximum atomic E-state index is 10.3. The lowest BCUT2D eigenvalue weighted by atomic mass is 10.4. The summed E-state index contributed by atoms with van der Waals surface area (Å²) in [5.41, 5.74) is 0. The monoisotopic (exact) mass is 139 g/mol. The molecule has 0 unspecified atom stereocenters. The van der Waals surface area contributed by atoms with E-state index in [2.05, 4.69) is 5.32 Å². The van der Waals surface area contributed by atoms with Crippen LogP contribution in [0.5, 0.6) is 0 Å². The van der Waals surface area contributed by atoms with E-state index in [4.69, 9.17) is 0 Å². The molecule has 0 saturated carbocycles. The van der Waals surface area contributed by atoms with Gasteiger partial charge in [-0.05, 0) is 6.92 Å². The standard InChI is InChI=1S/C8H13NO/c1-3-4-5-6-7-9-8(2)10/h3-6H,7H2,1-2H3,(H,9,10)/b4-3+,6-5+. The van der Waals surface area contributed by atoms with Gasteiger partial charge >= 0.3 is 0 Å². The number of nitrogens with one attached hydrogen (secondary N) is 1. The molecule has 0 bridgehead atoms. The first-order valence-corrected chi connectivity index (χ1v) is 3.29. The van der Waals surface area contributed by atoms with Gasteiger partial charge in [0.1, 0.15) is 0 Å². The fourth-order valence-corrected chi connectivity index (χ4v) is 0.460. The molecule has 2 heteroatoms. The summed E-state index contributed by atoms with van der Waals surface area (Å²) in [5, 5.41) is 2.64. The summed E-state index contributed by atoms with van der Waals surface area (Å²) in [6, 6.07) is 0. The molecule has 0 radical (unpaired) electrons. The van der Waals surface area contributed by atoms with Crippen molar-refractivity contribution in [2.75, 3.05) is 6.54 Å². The highest BCUT2D eigenvalue weighted by Crippen LogP contribution is 1.74. The van der Waals surface area contributed by atoms with Crippen LogP contribution in [0.15, 0.2) is 24.3 Å². The number of carbonyl (C=O) groups is 1. The van der Waals surface area contributed by atoms with E-state index < -0.39 is 0 Å². The SMILES string of the molecule is C/C=C/C=C/CNC(C)=O. The summed E-state index contributed by atoms with van der Waals surface area (Å²) in [4.78, 5) is 10.3. The van der Waals surface area contributed by atoms with Gasteiger partial charge in [-0.3, -0.25) is 4.79 Å². The molecule has 10 heavy (non-hydrogen) atoms. The third-order valence-corrected chi connectivity index (χ3v) is 0.909. The van der Waals surface area contributed by atoms with Gasteiger partial charge in [0.2, 0.25) is 5.91 Å². The van der Waals surface area contributed by atoms with Gasteiger partial charge in [0.15, 0.2) is 0 Å². The van der Waals surface area contributed by atoms with Crippen molar-refractivity contribution in [1.82, 2.24) is 5.32 Å². The third kappa shape index (κ3) is 6.95. The third-order valence-electron chi connectivity index (χ3n) is 0.909. The van der Waals surface area contributed by atoms with E-state index in [0.29, 0.717) is 6.54 Å². The molecular formula is C8H13NO. The molecule has 0 aliphatic heterocycles. The van der Waals surface area contributed by atoms with Crippen molar-refractivity contribution in [1.29, 1.82) is 0 Å². The van der Waals surface area contributed by atoms with Crippen molar-refractivity contribution in [3.8, 4) is 0 Å². The van der Waals surface area contributed by atoms with Gasteiger partial charge in [-0.25, -0.2) is 0 Å². The second-order valence-electron chi connectivity index (χ2n) is 1.89. The highest BCUT2D eigenvalue weighted by molar-refractivity contribution is 5.72. The quantitative estimate of drug-likeness (QED) is 0.586. The molecule has 0 aromatic rings. The molecule has 1 amide bonds. The van der Waals surface area contributed by atoms with Crippen LogP contribution in [0.2, 0.25) is 0 Å². The van der Waals surface area contributed by atoms with Crippen molar-refractivity contribution in [3.63, 3.8) is 0 Å². The van der Waals surface area contributed by atoms with Gasteiger partial charge < -0.3 is 5.32 Å². The molecule has 0 aromatic carbocycles. The van der Waals surface area contributed by atoms with Crippen LogP contribution >= 0.6 is 0 Å². The number of rotatable bonds is 3. The largest absolute Gasteiger partial charge is 0.353 e. The fraction of sp³-hybridized carbons (Fsp3) is 0.375. The lowest BCUT2D eigenvalue weighted by molar-refractivity contribution is -0.118. The van der Waals surface area contributed by atoms with Crippen LogP contribution in [-0.4, -0.2) is 12.5 Å². The van der Waals surface area contributed by atoms with Crippen molar-refractivity contribution in [3.05, 3.63) is 24.3 Å². The van der Waals surface area contributed by atoms with Crippen LogP contribution in [0.25, 0.3) is 0 Å². The lowest BCUT2D eigenvalue weighted by Crippen LogP contribution is -2.19. The molecule has 1 N–H and O–H groups in total. The van der Waals surface area contributed by atoms with Crippen LogP contribution in [0.1, 0.15) is 13.8 Å². The van der Waals surface area contributed by atoms with E-state index >= 15 is 0 Å². The van der Waals surface area contributed by atoms with E-state index in [1.807, 2.05) is 31.2 Å². The predicted molar refractivity (Wildman–Crippen MR) is 42.6 cm³/mol. The Morgan fingerprint density at radius 3 is 2.70 bits per heavy atom. The Hall–Kier alpha value is -1.05. The van der Waals surface area contributed by atoms with Gasteiger partial charge in [-0.15, -0.1) is 0 Å². The predicted octanol–water partition coefficient (Wildman–Crippen LogP) is 1.25. The zero-order valence-corrected chi connectivity index (χ0v) is 6.42. The highest BCUT2D eigenvalue weighted by Gasteiger charge is 1.82. The first-order chi connectivity index (χ1) is 4.77. The minimum Gasteiger partial charge on any atom is -0.353 e. The van der Waals surface area contributed by atoms with E-state index in [9.17, 15) is 4.79 Å². The van der Waals surface area contributed by atoms with E-state index in [1.54, 1.807) is 0 Å². The number of hydrogen-bond acceptors (Lipinski definition) is 1. The number of amides is 1. The molecule has 0 spiro atoms. The van der Waals surface area contributed by atoms with Gasteiger partial charge in [-0.1, -0.05) is 24.3 Å². The zero-order valence-electron chi connectivity index (χ0n) is 6.42. The Balaban J connectivity index is 3.27. The zero-order chi connectivity index (χ0) is 7.82. The second kappa shape index (κ2) is 6.08. The van der Waals surface area contributed by atoms with Gasteiger partial charge in [0.25, 0.3) is 0 Å². The van der Waals surface area contributed by atoms with Crippen LogP contribution in [0, 0.1) is 0 Å². The molecule has 56 valence electrons. The molecule has 0 aliphatic carbocycles. The topological polar surface area (TPSA) is 29.1 Å². The number of hydrogen-bond donors (Lipinski definition) is 1. The van der Waals surface area contributed by atoms with Crippen molar-refractivity contribution < 1.29 is 4.79 Å². The number of allylic oxidation sites excluding steroid dienone is 3. The normalized spacial score (nSPS) is 11.0. The lowest BCUT2D eigenvalue weighted by Gasteiger charge is -1.92. The van der Waals surface area contributed by atoms with Crippen molar-refractivity contribution in [2.24, 2.45) is 0 Å². The van der Waals surface area contributed by atoms with Crippen LogP contribution in [0.4, 0.5) is 0 Å². The molecule has 0 aliphatic rings. The Kier molecular flexibility index (Phi) is 5.44. The minimum atomic E-state index is 0.00475. The van der Waals surface area contributed by atoms with Crippen molar-refractivity contribution in [2.45, 2.75) is 13.8 Å². The summed E-state index contributed by atoms with van der Waals surface area (Å²) >= 11 is 0. The van der Waals surface area contributed by atoms with Gasteiger partial charge in [0.05, 0.1) is 0 Å². The molecule has 0 saturated heterocycles. The molecule has 0 rings (SSSR count). The molecule has 0 atom stereocenters. The Bertz CT molecular complexity index is 147. The summed E-state index contributed by atoms with van der Waals surface area (Å²) < 4.78 is 0.